The van der Waals surface area contributed by atoms with E-state index >= 15 is 0 Å². The number of hydrogen-bond acceptors (Lipinski definition) is 0. The summed E-state index contributed by atoms with van der Waals surface area (Å²) in [6.07, 6.45) is 16.2. The van der Waals surface area contributed by atoms with Gasteiger partial charge in [0.1, 0.15) is 0 Å². The molecule has 2 aliphatic rings. The lowest BCUT2D eigenvalue weighted by Gasteiger charge is -2.45. The van der Waals surface area contributed by atoms with Crippen LogP contribution in [0.1, 0.15) is 105 Å². The lowest BCUT2D eigenvalue weighted by atomic mass is 9.60. The maximum absolute atomic E-state index is 2.58. The summed E-state index contributed by atoms with van der Waals surface area (Å²) in [5.74, 6) is 2.89. The fourth-order valence-electron chi connectivity index (χ4n) is 5.66. The SMILES string of the molecule is CC1CCCCC(C(C)(C)CC(C)(C)C2CCCCC2)C1. The van der Waals surface area contributed by atoms with E-state index in [0.717, 1.165) is 17.8 Å². The Bertz CT molecular complexity index is 306. The fourth-order valence-corrected chi connectivity index (χ4v) is 5.66. The van der Waals surface area contributed by atoms with Crippen LogP contribution >= 0.6 is 0 Å². The van der Waals surface area contributed by atoms with Crippen molar-refractivity contribution in [2.75, 3.05) is 0 Å². The molecule has 0 amide bonds. The highest BCUT2D eigenvalue weighted by Gasteiger charge is 2.39. The average molecular weight is 293 g/mol. The Balaban J connectivity index is 2.00. The molecule has 21 heavy (non-hydrogen) atoms. The number of hydrogen-bond donors (Lipinski definition) is 0. The second kappa shape index (κ2) is 7.05. The standard InChI is InChI=1S/C21H40/c1-17-11-9-10-14-19(15-17)21(4,5)16-20(2,3)18-12-7-6-8-13-18/h17-19H,6-16H2,1-5H3. The molecule has 2 unspecified atom stereocenters. The monoisotopic (exact) mass is 292 g/mol. The van der Waals surface area contributed by atoms with Crippen molar-refractivity contribution in [3.8, 4) is 0 Å². The Labute approximate surface area is 134 Å². The maximum atomic E-state index is 2.58. The molecule has 2 aliphatic carbocycles. The van der Waals surface area contributed by atoms with Gasteiger partial charge in [0, 0.05) is 0 Å². The van der Waals surface area contributed by atoms with Gasteiger partial charge in [-0.2, -0.15) is 0 Å². The van der Waals surface area contributed by atoms with Crippen LogP contribution in [0.2, 0.25) is 0 Å². The lowest BCUT2D eigenvalue weighted by molar-refractivity contribution is 0.0493. The Morgan fingerprint density at radius 1 is 0.667 bits per heavy atom. The van der Waals surface area contributed by atoms with Gasteiger partial charge in [0.15, 0.2) is 0 Å². The van der Waals surface area contributed by atoms with E-state index in [-0.39, 0.29) is 0 Å². The minimum atomic E-state index is 0.527. The molecule has 0 N–H and O–H groups in total. The molecule has 0 radical (unpaired) electrons. The summed E-state index contributed by atoms with van der Waals surface area (Å²) in [6, 6.07) is 0. The van der Waals surface area contributed by atoms with Gasteiger partial charge in [-0.3, -0.25) is 0 Å². The molecular formula is C21H40. The van der Waals surface area contributed by atoms with Crippen molar-refractivity contribution in [1.82, 2.24) is 0 Å². The second-order valence-corrected chi connectivity index (χ2v) is 9.81. The van der Waals surface area contributed by atoms with Crippen LogP contribution in [0.5, 0.6) is 0 Å². The van der Waals surface area contributed by atoms with E-state index in [1.54, 1.807) is 0 Å². The normalized spacial score (nSPS) is 30.1. The summed E-state index contributed by atoms with van der Waals surface area (Å²) in [4.78, 5) is 0. The topological polar surface area (TPSA) is 0 Å². The van der Waals surface area contributed by atoms with Crippen LogP contribution in [0.15, 0.2) is 0 Å². The summed E-state index contributed by atoms with van der Waals surface area (Å²) in [7, 11) is 0. The van der Waals surface area contributed by atoms with E-state index in [2.05, 4.69) is 34.6 Å². The molecule has 0 aromatic rings. The van der Waals surface area contributed by atoms with Crippen LogP contribution < -0.4 is 0 Å². The van der Waals surface area contributed by atoms with Crippen molar-refractivity contribution in [2.24, 2.45) is 28.6 Å². The molecule has 0 spiro atoms. The van der Waals surface area contributed by atoms with Gasteiger partial charge in [0.05, 0.1) is 0 Å². The second-order valence-electron chi connectivity index (χ2n) is 9.81. The van der Waals surface area contributed by atoms with Crippen LogP contribution in [-0.2, 0) is 0 Å². The summed E-state index contributed by atoms with van der Waals surface area (Å²) < 4.78 is 0. The molecule has 2 atom stereocenters. The Morgan fingerprint density at radius 2 is 1.14 bits per heavy atom. The molecule has 0 aromatic heterocycles. The maximum Gasteiger partial charge on any atom is -0.0321 e. The minimum Gasteiger partial charge on any atom is -0.0625 e. The van der Waals surface area contributed by atoms with Crippen LogP contribution in [-0.4, -0.2) is 0 Å². The van der Waals surface area contributed by atoms with Crippen LogP contribution in [0.3, 0.4) is 0 Å². The molecule has 0 saturated heterocycles. The molecule has 124 valence electrons. The van der Waals surface area contributed by atoms with E-state index in [1.807, 2.05) is 0 Å². The summed E-state index contributed by atoms with van der Waals surface area (Å²) in [5, 5.41) is 0. The minimum absolute atomic E-state index is 0.527. The predicted octanol–water partition coefficient (Wildman–Crippen LogP) is 7.23. The average Bonchev–Trinajstić information content (AvgIpc) is 2.64. The molecule has 0 heterocycles. The van der Waals surface area contributed by atoms with Gasteiger partial charge in [-0.15, -0.1) is 0 Å². The van der Waals surface area contributed by atoms with E-state index in [4.69, 9.17) is 0 Å². The third kappa shape index (κ3) is 4.73. The van der Waals surface area contributed by atoms with Crippen LogP contribution in [0.25, 0.3) is 0 Å². The van der Waals surface area contributed by atoms with Crippen molar-refractivity contribution in [1.29, 1.82) is 0 Å². The van der Waals surface area contributed by atoms with Gasteiger partial charge in [-0.05, 0) is 60.7 Å². The highest BCUT2D eigenvalue weighted by molar-refractivity contribution is 4.90. The summed E-state index contributed by atoms with van der Waals surface area (Å²) in [5.41, 5.74) is 1.07. The van der Waals surface area contributed by atoms with Crippen molar-refractivity contribution in [2.45, 2.75) is 105 Å². The molecule has 0 nitrogen and oxygen atoms in total. The molecule has 2 saturated carbocycles. The molecule has 0 aliphatic heterocycles. The third-order valence-corrected chi connectivity index (χ3v) is 6.91. The lowest BCUT2D eigenvalue weighted by Crippen LogP contribution is -2.35. The Morgan fingerprint density at radius 3 is 1.81 bits per heavy atom. The number of rotatable bonds is 4. The zero-order chi connectivity index (χ0) is 15.5. The molecule has 2 fully saturated rings. The van der Waals surface area contributed by atoms with E-state index in [1.165, 1.54) is 70.6 Å². The molecule has 2 rings (SSSR count). The first-order valence-electron chi connectivity index (χ1n) is 9.81. The van der Waals surface area contributed by atoms with Gasteiger partial charge in [0.2, 0.25) is 0 Å². The summed E-state index contributed by atoms with van der Waals surface area (Å²) >= 11 is 0. The van der Waals surface area contributed by atoms with Gasteiger partial charge >= 0.3 is 0 Å². The molecule has 0 bridgehead atoms. The van der Waals surface area contributed by atoms with Gasteiger partial charge < -0.3 is 0 Å². The quantitative estimate of drug-likeness (QED) is 0.479. The zero-order valence-electron chi connectivity index (χ0n) is 15.5. The van der Waals surface area contributed by atoms with E-state index in [0.29, 0.717) is 10.8 Å². The highest BCUT2D eigenvalue weighted by atomic mass is 14.4. The van der Waals surface area contributed by atoms with Gasteiger partial charge in [-0.25, -0.2) is 0 Å². The van der Waals surface area contributed by atoms with Crippen LogP contribution in [0, 0.1) is 28.6 Å². The van der Waals surface area contributed by atoms with Crippen molar-refractivity contribution < 1.29 is 0 Å². The molecular weight excluding hydrogens is 252 g/mol. The first-order chi connectivity index (χ1) is 9.81. The Kier molecular flexibility index (Phi) is 5.83. The van der Waals surface area contributed by atoms with Crippen molar-refractivity contribution in [3.05, 3.63) is 0 Å². The van der Waals surface area contributed by atoms with Crippen molar-refractivity contribution >= 4 is 0 Å². The van der Waals surface area contributed by atoms with E-state index < -0.39 is 0 Å². The predicted molar refractivity (Wildman–Crippen MR) is 94.5 cm³/mol. The van der Waals surface area contributed by atoms with E-state index in [9.17, 15) is 0 Å². The first kappa shape index (κ1) is 17.4. The summed E-state index contributed by atoms with van der Waals surface area (Å²) in [6.45, 7) is 12.8. The Hall–Kier alpha value is 0. The van der Waals surface area contributed by atoms with Gasteiger partial charge in [-0.1, -0.05) is 73.1 Å². The zero-order valence-corrected chi connectivity index (χ0v) is 15.5. The van der Waals surface area contributed by atoms with Crippen molar-refractivity contribution in [3.63, 3.8) is 0 Å². The largest absolute Gasteiger partial charge is 0.0625 e. The van der Waals surface area contributed by atoms with Crippen LogP contribution in [0.4, 0.5) is 0 Å². The molecule has 0 aromatic carbocycles. The smallest absolute Gasteiger partial charge is 0.0321 e. The fraction of sp³-hybridized carbons (Fsp3) is 1.00. The first-order valence-corrected chi connectivity index (χ1v) is 9.81. The third-order valence-electron chi connectivity index (χ3n) is 6.91. The molecule has 0 heteroatoms. The highest BCUT2D eigenvalue weighted by Crippen LogP contribution is 2.50. The van der Waals surface area contributed by atoms with Gasteiger partial charge in [0.25, 0.3) is 0 Å².